The van der Waals surface area contributed by atoms with E-state index in [1.807, 2.05) is 20.8 Å². The summed E-state index contributed by atoms with van der Waals surface area (Å²) in [5.41, 5.74) is -0.328. The lowest BCUT2D eigenvalue weighted by Gasteiger charge is -2.17. The largest absolute Gasteiger partial charge is 0.460 e. The highest BCUT2D eigenvalue weighted by Gasteiger charge is 2.11. The normalized spacial score (nSPS) is 17.2. The monoisotopic (exact) mass is 202 g/mol. The molecule has 0 atom stereocenters. The van der Waals surface area contributed by atoms with Gasteiger partial charge in [0, 0.05) is 6.92 Å². The van der Waals surface area contributed by atoms with Crippen molar-refractivity contribution in [1.82, 2.24) is 0 Å². The average Bonchev–Trinajstić information content (AvgIpc) is 2.34. The van der Waals surface area contributed by atoms with Gasteiger partial charge in [0.2, 0.25) is 0 Å². The van der Waals surface area contributed by atoms with Crippen LogP contribution in [0.25, 0.3) is 0 Å². The molecule has 1 aliphatic carbocycles. The third kappa shape index (κ3) is 9.52. The zero-order valence-corrected chi connectivity index (χ0v) is 9.67. The summed E-state index contributed by atoms with van der Waals surface area (Å²) >= 11 is 0. The summed E-state index contributed by atoms with van der Waals surface area (Å²) < 4.78 is 4.80. The van der Waals surface area contributed by atoms with Gasteiger partial charge in [-0.2, -0.15) is 0 Å². The van der Waals surface area contributed by atoms with Gasteiger partial charge in [0.25, 0.3) is 0 Å². The van der Waals surface area contributed by atoms with Crippen LogP contribution in [0.3, 0.4) is 0 Å². The predicted octanol–water partition coefficient (Wildman–Crippen LogP) is 2.27. The summed E-state index contributed by atoms with van der Waals surface area (Å²) in [5.74, 6) is -0.225. The molecule has 3 nitrogen and oxygen atoms in total. The van der Waals surface area contributed by atoms with E-state index in [4.69, 9.17) is 9.84 Å². The lowest BCUT2D eigenvalue weighted by atomic mass is 10.2. The first kappa shape index (κ1) is 13.4. The van der Waals surface area contributed by atoms with E-state index in [1.165, 1.54) is 19.8 Å². The highest BCUT2D eigenvalue weighted by molar-refractivity contribution is 5.66. The van der Waals surface area contributed by atoms with Crippen LogP contribution in [0, 0.1) is 0 Å². The molecule has 84 valence electrons. The topological polar surface area (TPSA) is 46.5 Å². The first-order valence-corrected chi connectivity index (χ1v) is 5.19. The average molecular weight is 202 g/mol. The van der Waals surface area contributed by atoms with Gasteiger partial charge in [0.1, 0.15) is 5.60 Å². The number of aliphatic hydroxyl groups excluding tert-OH is 1. The van der Waals surface area contributed by atoms with Gasteiger partial charge in [-0.15, -0.1) is 0 Å². The van der Waals surface area contributed by atoms with E-state index < -0.39 is 0 Å². The maximum absolute atomic E-state index is 10.2. The number of aliphatic hydroxyl groups is 1. The minimum absolute atomic E-state index is 0.0463. The Kier molecular flexibility index (Phi) is 5.77. The van der Waals surface area contributed by atoms with Crippen molar-refractivity contribution in [1.29, 1.82) is 0 Å². The second-order valence-corrected chi connectivity index (χ2v) is 4.64. The van der Waals surface area contributed by atoms with Gasteiger partial charge in [-0.05, 0) is 33.6 Å². The maximum Gasteiger partial charge on any atom is 0.303 e. The molecule has 0 aliphatic heterocycles. The van der Waals surface area contributed by atoms with Gasteiger partial charge in [-0.3, -0.25) is 4.79 Å². The van der Waals surface area contributed by atoms with Crippen LogP contribution in [-0.4, -0.2) is 22.8 Å². The summed E-state index contributed by atoms with van der Waals surface area (Å²) in [4.78, 5) is 10.2. The minimum Gasteiger partial charge on any atom is -0.460 e. The Bertz CT molecular complexity index is 164. The molecule has 0 bridgehead atoms. The van der Waals surface area contributed by atoms with Gasteiger partial charge < -0.3 is 9.84 Å². The van der Waals surface area contributed by atoms with E-state index >= 15 is 0 Å². The maximum atomic E-state index is 10.2. The Morgan fingerprint density at radius 3 is 1.79 bits per heavy atom. The third-order valence-electron chi connectivity index (χ3n) is 1.77. The lowest BCUT2D eigenvalue weighted by Crippen LogP contribution is -2.21. The molecule has 1 saturated carbocycles. The highest BCUT2D eigenvalue weighted by atomic mass is 16.6. The van der Waals surface area contributed by atoms with Gasteiger partial charge in [0.05, 0.1) is 6.10 Å². The second-order valence-electron chi connectivity index (χ2n) is 4.64. The molecule has 0 aromatic carbocycles. The molecular formula is C11H22O3. The van der Waals surface area contributed by atoms with Crippen molar-refractivity contribution in [2.75, 3.05) is 0 Å². The smallest absolute Gasteiger partial charge is 0.303 e. The number of esters is 1. The summed E-state index contributed by atoms with van der Waals surface area (Å²) in [5, 5.41) is 8.73. The van der Waals surface area contributed by atoms with Gasteiger partial charge in [0.15, 0.2) is 0 Å². The molecule has 0 spiro atoms. The van der Waals surface area contributed by atoms with Crippen molar-refractivity contribution in [2.45, 2.75) is 65.1 Å². The van der Waals surface area contributed by atoms with Gasteiger partial charge >= 0.3 is 5.97 Å². The van der Waals surface area contributed by atoms with Crippen molar-refractivity contribution in [3.05, 3.63) is 0 Å². The van der Waals surface area contributed by atoms with Gasteiger partial charge in [-0.25, -0.2) is 0 Å². The van der Waals surface area contributed by atoms with Crippen LogP contribution in [0.1, 0.15) is 53.4 Å². The van der Waals surface area contributed by atoms with Crippen LogP contribution in [0.4, 0.5) is 0 Å². The Labute approximate surface area is 86.5 Å². The minimum atomic E-state index is -0.328. The molecule has 0 saturated heterocycles. The predicted molar refractivity (Wildman–Crippen MR) is 56.0 cm³/mol. The molecule has 0 aromatic heterocycles. The summed E-state index contributed by atoms with van der Waals surface area (Å²) in [6.45, 7) is 6.93. The molecule has 1 aliphatic rings. The van der Waals surface area contributed by atoms with Crippen molar-refractivity contribution in [3.63, 3.8) is 0 Å². The molecule has 0 radical (unpaired) electrons. The number of carbonyl (C=O) groups excluding carboxylic acids is 1. The molecule has 1 fully saturated rings. The Morgan fingerprint density at radius 2 is 1.71 bits per heavy atom. The van der Waals surface area contributed by atoms with Crippen LogP contribution < -0.4 is 0 Å². The van der Waals surface area contributed by atoms with Crippen molar-refractivity contribution in [3.8, 4) is 0 Å². The second kappa shape index (κ2) is 6.02. The number of ether oxygens (including phenoxy) is 1. The Morgan fingerprint density at radius 1 is 1.29 bits per heavy atom. The molecule has 14 heavy (non-hydrogen) atoms. The molecule has 1 rings (SSSR count). The van der Waals surface area contributed by atoms with E-state index in [0.29, 0.717) is 0 Å². The number of carbonyl (C=O) groups is 1. The number of rotatable bonds is 0. The SMILES string of the molecule is CC(=O)OC(C)(C)C.OC1CCCC1. The van der Waals surface area contributed by atoms with Crippen molar-refractivity contribution < 1.29 is 14.6 Å². The number of hydrogen-bond donors (Lipinski definition) is 1. The van der Waals surface area contributed by atoms with Crippen LogP contribution in [0.15, 0.2) is 0 Å². The van der Waals surface area contributed by atoms with Crippen molar-refractivity contribution >= 4 is 5.97 Å². The van der Waals surface area contributed by atoms with Crippen LogP contribution in [0.5, 0.6) is 0 Å². The molecule has 1 N–H and O–H groups in total. The lowest BCUT2D eigenvalue weighted by molar-refractivity contribution is -0.151. The summed E-state index contributed by atoms with van der Waals surface area (Å²) in [7, 11) is 0. The Hall–Kier alpha value is -0.570. The standard InChI is InChI=1S/C6H12O2.C5H10O/c1-5(7)8-6(2,3)4;6-5-3-1-2-4-5/h1-4H3;5-6H,1-4H2. The molecule has 0 amide bonds. The van der Waals surface area contributed by atoms with E-state index in [1.54, 1.807) is 0 Å². The fourth-order valence-corrected chi connectivity index (χ4v) is 1.34. The molecular weight excluding hydrogens is 180 g/mol. The molecule has 0 unspecified atom stereocenters. The quantitative estimate of drug-likeness (QED) is 0.613. The first-order valence-electron chi connectivity index (χ1n) is 5.19. The summed E-state index contributed by atoms with van der Waals surface area (Å²) in [6.07, 6.45) is 4.60. The van der Waals surface area contributed by atoms with Gasteiger partial charge in [-0.1, -0.05) is 12.8 Å². The van der Waals surface area contributed by atoms with E-state index in [2.05, 4.69) is 0 Å². The molecule has 0 heterocycles. The van der Waals surface area contributed by atoms with Crippen LogP contribution in [0.2, 0.25) is 0 Å². The highest BCUT2D eigenvalue weighted by Crippen LogP contribution is 2.16. The molecule has 0 aromatic rings. The van der Waals surface area contributed by atoms with Crippen LogP contribution in [-0.2, 0) is 9.53 Å². The first-order chi connectivity index (χ1) is 6.31. The van der Waals surface area contributed by atoms with Crippen molar-refractivity contribution in [2.24, 2.45) is 0 Å². The van der Waals surface area contributed by atoms with Crippen LogP contribution >= 0.6 is 0 Å². The Balaban J connectivity index is 0.000000249. The van der Waals surface area contributed by atoms with E-state index in [9.17, 15) is 4.79 Å². The summed E-state index contributed by atoms with van der Waals surface area (Å²) in [6, 6.07) is 0. The number of hydrogen-bond acceptors (Lipinski definition) is 3. The zero-order chi connectivity index (χ0) is 11.2. The molecule has 3 heteroatoms. The fraction of sp³-hybridized carbons (Fsp3) is 0.909. The fourth-order valence-electron chi connectivity index (χ4n) is 1.34. The van der Waals surface area contributed by atoms with E-state index in [-0.39, 0.29) is 17.7 Å². The van der Waals surface area contributed by atoms with E-state index in [0.717, 1.165) is 12.8 Å². The zero-order valence-electron chi connectivity index (χ0n) is 9.67. The third-order valence-corrected chi connectivity index (χ3v) is 1.77.